The molecule has 190 valence electrons. The molecule has 1 aromatic heterocycles. The number of amides is 1. The van der Waals surface area contributed by atoms with E-state index in [4.69, 9.17) is 5.73 Å². The number of fused-ring (bicyclic) bond motifs is 3. The second-order valence-electron chi connectivity index (χ2n) is 10.3. The number of primary amides is 1. The highest BCUT2D eigenvalue weighted by atomic mass is 16.4. The summed E-state index contributed by atoms with van der Waals surface area (Å²) < 4.78 is 0. The Hall–Kier alpha value is -3.60. The van der Waals surface area contributed by atoms with Gasteiger partial charge in [0.15, 0.2) is 11.4 Å². The van der Waals surface area contributed by atoms with Gasteiger partial charge in [0.05, 0.1) is 17.2 Å². The quantitative estimate of drug-likeness (QED) is 0.331. The van der Waals surface area contributed by atoms with Gasteiger partial charge in [0.2, 0.25) is 0 Å². The molecule has 0 saturated heterocycles. The van der Waals surface area contributed by atoms with Gasteiger partial charge in [-0.05, 0) is 69.6 Å². The molecule has 0 spiro atoms. The van der Waals surface area contributed by atoms with Gasteiger partial charge in [0.25, 0.3) is 5.91 Å². The first-order valence-electron chi connectivity index (χ1n) is 11.6. The van der Waals surface area contributed by atoms with Crippen LogP contribution in [0.15, 0.2) is 47.4 Å². The number of hydrogen-bond acceptors (Lipinski definition) is 8. The first-order valence-corrected chi connectivity index (χ1v) is 11.6. The van der Waals surface area contributed by atoms with Crippen LogP contribution in [-0.2, 0) is 16.0 Å². The minimum absolute atomic E-state index is 0.0804. The summed E-state index contributed by atoms with van der Waals surface area (Å²) in [7, 11) is 3.23. The van der Waals surface area contributed by atoms with Crippen LogP contribution in [0.25, 0.3) is 17.0 Å². The van der Waals surface area contributed by atoms with E-state index in [1.165, 1.54) is 6.07 Å². The number of phenols is 1. The summed E-state index contributed by atoms with van der Waals surface area (Å²) in [6.07, 6.45) is 2.10. The highest BCUT2D eigenvalue weighted by molar-refractivity contribution is 6.12. The molecule has 10 heteroatoms. The third-order valence-electron chi connectivity index (χ3n) is 8.14. The Kier molecular flexibility index (Phi) is 5.16. The van der Waals surface area contributed by atoms with E-state index in [-0.39, 0.29) is 29.7 Å². The van der Waals surface area contributed by atoms with E-state index in [2.05, 4.69) is 4.98 Å². The number of carbonyl (C=O) groups excluding carboxylic acids is 2. The molecule has 1 unspecified atom stereocenters. The number of nitrogens with one attached hydrogen (secondary N) is 1. The number of hydrogen-bond donors (Lipinski definition) is 7. The number of aliphatic hydroxyl groups excluding tert-OH is 2. The first kappa shape index (κ1) is 24.1. The molecule has 1 saturated carbocycles. The van der Waals surface area contributed by atoms with Gasteiger partial charge in [-0.15, -0.1) is 0 Å². The maximum Gasteiger partial charge on any atom is 0.251 e. The molecule has 5 rings (SSSR count). The van der Waals surface area contributed by atoms with Crippen LogP contribution >= 0.6 is 0 Å². The van der Waals surface area contributed by atoms with Crippen LogP contribution in [0, 0.1) is 11.8 Å². The maximum atomic E-state index is 14.0. The molecule has 5 atom stereocenters. The van der Waals surface area contributed by atoms with Crippen LogP contribution in [-0.4, -0.2) is 78.4 Å². The van der Waals surface area contributed by atoms with Gasteiger partial charge in [0.1, 0.15) is 22.9 Å². The van der Waals surface area contributed by atoms with Crippen molar-refractivity contribution in [1.82, 2.24) is 9.88 Å². The fourth-order valence-electron chi connectivity index (χ4n) is 6.57. The van der Waals surface area contributed by atoms with Gasteiger partial charge < -0.3 is 36.3 Å². The molecular formula is C26H29N3O7. The standard InChI is InChI=1S/C26H29N3O7/c1-25(35)19(24(27)34)22(32)20(29(2)3)14-10-11-9-13-12(15-5-4-8-28-15)6-7-16(30)18(13)21(31)17(11)23(33)26(14,25)36/h4-8,11,14,20,28,30-32,35-36H,9-10H2,1-3H3,(H2,27,34)/t11-,14-,20-,25?,26-/m0/s1. The number of aromatic amines is 1. The Morgan fingerprint density at radius 3 is 2.44 bits per heavy atom. The van der Waals surface area contributed by atoms with Gasteiger partial charge >= 0.3 is 0 Å². The topological polar surface area (TPSA) is 180 Å². The predicted octanol–water partition coefficient (Wildman–Crippen LogP) is 1.14. The molecule has 8 N–H and O–H groups in total. The summed E-state index contributed by atoms with van der Waals surface area (Å²) in [5.41, 5.74) is 1.78. The lowest BCUT2D eigenvalue weighted by molar-refractivity contribution is -0.194. The molecule has 36 heavy (non-hydrogen) atoms. The van der Waals surface area contributed by atoms with Crippen molar-refractivity contribution < 1.29 is 35.1 Å². The highest BCUT2D eigenvalue weighted by Crippen LogP contribution is 2.56. The number of aromatic hydroxyl groups is 1. The lowest BCUT2D eigenvalue weighted by atomic mass is 9.52. The third-order valence-corrected chi connectivity index (χ3v) is 8.14. The molecule has 3 aliphatic carbocycles. The van der Waals surface area contributed by atoms with E-state index in [9.17, 15) is 35.1 Å². The number of rotatable bonds is 3. The molecule has 0 aliphatic heterocycles. The van der Waals surface area contributed by atoms with Crippen LogP contribution < -0.4 is 5.73 Å². The fourth-order valence-corrected chi connectivity index (χ4v) is 6.57. The number of aliphatic hydroxyl groups is 4. The Bertz CT molecular complexity index is 1360. The zero-order valence-electron chi connectivity index (χ0n) is 20.1. The number of likely N-dealkylation sites (N-methyl/N-ethyl adjacent to an activating group) is 1. The van der Waals surface area contributed by atoms with Crippen molar-refractivity contribution >= 4 is 17.4 Å². The van der Waals surface area contributed by atoms with E-state index in [0.29, 0.717) is 5.56 Å². The van der Waals surface area contributed by atoms with E-state index in [1.807, 2.05) is 12.1 Å². The number of nitrogens with two attached hydrogens (primary N) is 1. The van der Waals surface area contributed by atoms with Crippen molar-refractivity contribution in [3.05, 3.63) is 58.5 Å². The van der Waals surface area contributed by atoms with Gasteiger partial charge in [-0.2, -0.15) is 0 Å². The molecular weight excluding hydrogens is 466 g/mol. The van der Waals surface area contributed by atoms with Crippen LogP contribution in [0.5, 0.6) is 5.75 Å². The number of H-pyrrole nitrogens is 1. The van der Waals surface area contributed by atoms with Gasteiger partial charge in [0, 0.05) is 28.9 Å². The minimum atomic E-state index is -2.58. The largest absolute Gasteiger partial charge is 0.510 e. The summed E-state index contributed by atoms with van der Waals surface area (Å²) in [5, 5.41) is 56.4. The maximum absolute atomic E-state index is 14.0. The Labute approximate surface area is 207 Å². The van der Waals surface area contributed by atoms with Crippen molar-refractivity contribution in [2.24, 2.45) is 17.6 Å². The lowest BCUT2D eigenvalue weighted by Gasteiger charge is -2.56. The number of ketones is 1. The molecule has 2 aromatic rings. The van der Waals surface area contributed by atoms with Crippen molar-refractivity contribution in [2.75, 3.05) is 14.1 Å². The molecule has 1 heterocycles. The highest BCUT2D eigenvalue weighted by Gasteiger charge is 2.69. The van der Waals surface area contributed by atoms with E-state index >= 15 is 0 Å². The fraction of sp³-hybridized carbons (Fsp3) is 0.385. The third kappa shape index (κ3) is 2.89. The summed E-state index contributed by atoms with van der Waals surface area (Å²) in [4.78, 5) is 31.0. The SMILES string of the molecule is CN(C)[C@@H]1C(O)=C(C(N)=O)C(C)(O)[C@@]2(O)C(=O)C3=C(O)c4c(O)ccc(-c5ccc[nH]5)c4C[C@H]3C[C@@H]12. The van der Waals surface area contributed by atoms with Crippen LogP contribution in [0.4, 0.5) is 0 Å². The van der Waals surface area contributed by atoms with Crippen LogP contribution in [0.2, 0.25) is 0 Å². The zero-order valence-corrected chi connectivity index (χ0v) is 20.1. The van der Waals surface area contributed by atoms with Crippen molar-refractivity contribution in [3.63, 3.8) is 0 Å². The number of carbonyl (C=O) groups is 2. The van der Waals surface area contributed by atoms with E-state index in [1.54, 1.807) is 31.3 Å². The molecule has 0 bridgehead atoms. The summed E-state index contributed by atoms with van der Waals surface area (Å²) in [5.74, 6) is -4.99. The normalized spacial score (nSPS) is 31.8. The number of nitrogens with zero attached hydrogens (tertiary/aromatic N) is 1. The van der Waals surface area contributed by atoms with E-state index in [0.717, 1.165) is 18.2 Å². The molecule has 3 aliphatic rings. The lowest BCUT2D eigenvalue weighted by Crippen LogP contribution is -2.73. The molecule has 10 nitrogen and oxygen atoms in total. The zero-order chi connectivity index (χ0) is 26.3. The monoisotopic (exact) mass is 495 g/mol. The second-order valence-corrected chi connectivity index (χ2v) is 10.3. The molecule has 1 amide bonds. The summed E-state index contributed by atoms with van der Waals surface area (Å²) >= 11 is 0. The predicted molar refractivity (Wildman–Crippen MR) is 130 cm³/mol. The molecule has 1 aromatic carbocycles. The Morgan fingerprint density at radius 2 is 1.86 bits per heavy atom. The average Bonchev–Trinajstić information content (AvgIpc) is 3.30. The molecule has 0 radical (unpaired) electrons. The van der Waals surface area contributed by atoms with Crippen LogP contribution in [0.3, 0.4) is 0 Å². The van der Waals surface area contributed by atoms with Crippen molar-refractivity contribution in [3.8, 4) is 17.0 Å². The van der Waals surface area contributed by atoms with Gasteiger partial charge in [-0.1, -0.05) is 0 Å². The van der Waals surface area contributed by atoms with Crippen LogP contribution in [0.1, 0.15) is 24.5 Å². The smallest absolute Gasteiger partial charge is 0.251 e. The van der Waals surface area contributed by atoms with Crippen molar-refractivity contribution in [2.45, 2.75) is 37.0 Å². The van der Waals surface area contributed by atoms with Crippen molar-refractivity contribution in [1.29, 1.82) is 0 Å². The minimum Gasteiger partial charge on any atom is -0.510 e. The number of phenolic OH excluding ortho intramolecular Hbond substituents is 1. The average molecular weight is 496 g/mol. The number of benzene rings is 1. The van der Waals surface area contributed by atoms with Gasteiger partial charge in [-0.3, -0.25) is 14.5 Å². The summed E-state index contributed by atoms with van der Waals surface area (Å²) in [6.45, 7) is 1.07. The van der Waals surface area contributed by atoms with E-state index < -0.39 is 57.9 Å². The summed E-state index contributed by atoms with van der Waals surface area (Å²) in [6, 6.07) is 5.81. The van der Waals surface area contributed by atoms with Gasteiger partial charge in [-0.25, -0.2) is 0 Å². The molecule has 1 fully saturated rings. The number of Topliss-reactive ketones (excluding diaryl/α,β-unsaturated/α-hetero) is 1. The Morgan fingerprint density at radius 1 is 1.17 bits per heavy atom. The second kappa shape index (κ2) is 7.70. The Balaban J connectivity index is 1.76. The first-order chi connectivity index (χ1) is 16.8. The number of aromatic nitrogens is 1.